The second kappa shape index (κ2) is 7.23. The van der Waals surface area contributed by atoms with Crippen molar-refractivity contribution in [3.05, 3.63) is 60.0 Å². The number of hydrogen-bond acceptors (Lipinski definition) is 4. The van der Waals surface area contributed by atoms with Gasteiger partial charge in [0.2, 0.25) is 5.91 Å². The predicted molar refractivity (Wildman–Crippen MR) is 112 cm³/mol. The summed E-state index contributed by atoms with van der Waals surface area (Å²) in [5.74, 6) is -0.220. The number of aromatic nitrogens is 3. The number of hydrogen-bond donors (Lipinski definition) is 1. The first-order chi connectivity index (χ1) is 14.6. The van der Waals surface area contributed by atoms with Crippen molar-refractivity contribution in [2.75, 3.05) is 13.1 Å². The number of likely N-dealkylation sites (tertiary alicyclic amines) is 1. The van der Waals surface area contributed by atoms with Gasteiger partial charge >= 0.3 is 0 Å². The number of pyridine rings is 1. The van der Waals surface area contributed by atoms with Gasteiger partial charge in [-0.1, -0.05) is 24.6 Å². The van der Waals surface area contributed by atoms with Crippen molar-refractivity contribution < 1.29 is 9.59 Å². The minimum absolute atomic E-state index is 0.0349. The maximum absolute atomic E-state index is 13.4. The third-order valence-electron chi connectivity index (χ3n) is 6.78. The Kier molecular flexibility index (Phi) is 4.53. The second-order valence-electron chi connectivity index (χ2n) is 8.52. The van der Waals surface area contributed by atoms with Crippen LogP contribution in [0, 0.1) is 11.3 Å². The number of nitrogens with one attached hydrogen (secondary N) is 1. The molecule has 2 fully saturated rings. The van der Waals surface area contributed by atoms with Crippen molar-refractivity contribution in [1.29, 1.82) is 0 Å². The zero-order valence-corrected chi connectivity index (χ0v) is 17.0. The number of aryl methyl sites for hydroxylation is 1. The molecule has 2 amide bonds. The highest BCUT2D eigenvalue weighted by atomic mass is 16.2. The van der Waals surface area contributed by atoms with Crippen LogP contribution in [-0.2, 0) is 18.4 Å². The molecule has 1 unspecified atom stereocenters. The first kappa shape index (κ1) is 18.8. The van der Waals surface area contributed by atoms with Crippen LogP contribution in [0.25, 0.3) is 10.9 Å². The molecule has 7 heteroatoms. The second-order valence-corrected chi connectivity index (χ2v) is 8.52. The van der Waals surface area contributed by atoms with Gasteiger partial charge in [-0.05, 0) is 36.6 Å². The van der Waals surface area contributed by atoms with E-state index in [0.717, 1.165) is 35.7 Å². The Balaban J connectivity index is 1.35. The Morgan fingerprint density at radius 2 is 1.93 bits per heavy atom. The van der Waals surface area contributed by atoms with E-state index < -0.39 is 0 Å². The molecular weight excluding hydrogens is 378 g/mol. The quantitative estimate of drug-likeness (QED) is 0.726. The molecule has 3 aromatic rings. The Hall–Kier alpha value is -3.22. The van der Waals surface area contributed by atoms with Gasteiger partial charge in [0.1, 0.15) is 0 Å². The minimum atomic E-state index is -0.174. The third kappa shape index (κ3) is 3.05. The van der Waals surface area contributed by atoms with E-state index in [1.807, 2.05) is 48.3 Å². The van der Waals surface area contributed by atoms with E-state index in [4.69, 9.17) is 0 Å². The summed E-state index contributed by atoms with van der Waals surface area (Å²) in [6, 6.07) is 11.6. The van der Waals surface area contributed by atoms with Crippen LogP contribution in [0.1, 0.15) is 35.3 Å². The van der Waals surface area contributed by atoms with Crippen LogP contribution >= 0.6 is 0 Å². The summed E-state index contributed by atoms with van der Waals surface area (Å²) in [4.78, 5) is 32.3. The summed E-state index contributed by atoms with van der Waals surface area (Å²) >= 11 is 0. The number of amides is 2. The molecule has 5 rings (SSSR count). The lowest BCUT2D eigenvalue weighted by Crippen LogP contribution is -2.45. The lowest BCUT2D eigenvalue weighted by molar-refractivity contribution is -0.129. The maximum Gasteiger partial charge on any atom is 0.275 e. The first-order valence-electron chi connectivity index (χ1n) is 10.4. The van der Waals surface area contributed by atoms with Crippen molar-refractivity contribution in [1.82, 2.24) is 25.0 Å². The minimum Gasteiger partial charge on any atom is -0.352 e. The molecule has 1 saturated carbocycles. The van der Waals surface area contributed by atoms with Crippen molar-refractivity contribution in [2.45, 2.75) is 25.8 Å². The molecule has 3 heterocycles. The summed E-state index contributed by atoms with van der Waals surface area (Å²) in [6.07, 6.45) is 6.55. The van der Waals surface area contributed by atoms with Gasteiger partial charge in [-0.25, -0.2) is 0 Å². The molecule has 2 aromatic heterocycles. The van der Waals surface area contributed by atoms with Gasteiger partial charge in [-0.15, -0.1) is 0 Å². The van der Waals surface area contributed by atoms with Crippen LogP contribution in [-0.4, -0.2) is 44.6 Å². The molecule has 1 aliphatic heterocycles. The normalized spacial score (nSPS) is 19.8. The maximum atomic E-state index is 13.4. The zero-order chi connectivity index (χ0) is 20.7. The molecular formula is C23H25N5O2. The number of nitrogens with zero attached hydrogens (tertiary/aromatic N) is 4. The molecule has 1 spiro atoms. The van der Waals surface area contributed by atoms with Gasteiger partial charge in [0, 0.05) is 49.9 Å². The monoisotopic (exact) mass is 403 g/mol. The van der Waals surface area contributed by atoms with Crippen LogP contribution in [0.15, 0.2) is 48.8 Å². The van der Waals surface area contributed by atoms with Crippen LogP contribution in [0.4, 0.5) is 0 Å². The van der Waals surface area contributed by atoms with E-state index in [1.54, 1.807) is 17.1 Å². The fourth-order valence-electron chi connectivity index (χ4n) is 4.96. The smallest absolute Gasteiger partial charge is 0.275 e. The lowest BCUT2D eigenvalue weighted by atomic mass is 9.62. The topological polar surface area (TPSA) is 80.1 Å². The number of carbonyl (C=O) groups is 2. The summed E-state index contributed by atoms with van der Waals surface area (Å²) in [5.41, 5.74) is 2.33. The van der Waals surface area contributed by atoms with E-state index in [1.165, 1.54) is 0 Å². The van der Waals surface area contributed by atoms with E-state index in [2.05, 4.69) is 15.4 Å². The predicted octanol–water partition coefficient (Wildman–Crippen LogP) is 2.53. The van der Waals surface area contributed by atoms with Crippen LogP contribution in [0.5, 0.6) is 0 Å². The highest BCUT2D eigenvalue weighted by Crippen LogP contribution is 2.52. The molecule has 0 bridgehead atoms. The average Bonchev–Trinajstić information content (AvgIpc) is 3.32. The number of rotatable bonds is 4. The third-order valence-corrected chi connectivity index (χ3v) is 6.78. The summed E-state index contributed by atoms with van der Waals surface area (Å²) in [7, 11) is 1.85. The van der Waals surface area contributed by atoms with Gasteiger partial charge in [0.25, 0.3) is 5.91 Å². The fourth-order valence-corrected chi connectivity index (χ4v) is 4.96. The van der Waals surface area contributed by atoms with Crippen LogP contribution < -0.4 is 5.32 Å². The van der Waals surface area contributed by atoms with E-state index in [0.29, 0.717) is 25.3 Å². The first-order valence-corrected chi connectivity index (χ1v) is 10.4. The van der Waals surface area contributed by atoms with Crippen molar-refractivity contribution >= 4 is 22.7 Å². The molecule has 2 aliphatic rings. The number of carbonyl (C=O) groups excluding carboxylic acids is 2. The van der Waals surface area contributed by atoms with Gasteiger partial charge in [0.05, 0.1) is 11.4 Å². The molecule has 0 radical (unpaired) electrons. The molecule has 30 heavy (non-hydrogen) atoms. The lowest BCUT2D eigenvalue weighted by Gasteiger charge is -2.41. The van der Waals surface area contributed by atoms with E-state index in [9.17, 15) is 9.59 Å². The molecule has 1 aliphatic carbocycles. The summed E-state index contributed by atoms with van der Waals surface area (Å²) in [6.45, 7) is 1.56. The average molecular weight is 403 g/mol. The SMILES string of the molecule is Cn1nc(C(=O)N2CC(C(=O)NCc3ccncc3)C3(CCC3)C2)c2ccccc21. The van der Waals surface area contributed by atoms with Gasteiger partial charge < -0.3 is 10.2 Å². The van der Waals surface area contributed by atoms with Crippen molar-refractivity contribution in [3.63, 3.8) is 0 Å². The summed E-state index contributed by atoms with van der Waals surface area (Å²) in [5, 5.41) is 8.42. The Labute approximate surface area is 175 Å². The molecule has 1 N–H and O–H groups in total. The number of para-hydroxylation sites is 1. The highest BCUT2D eigenvalue weighted by Gasteiger charge is 2.54. The van der Waals surface area contributed by atoms with Crippen LogP contribution in [0.3, 0.4) is 0 Å². The van der Waals surface area contributed by atoms with E-state index >= 15 is 0 Å². The van der Waals surface area contributed by atoms with Crippen LogP contribution in [0.2, 0.25) is 0 Å². The molecule has 1 aromatic carbocycles. The molecule has 7 nitrogen and oxygen atoms in total. The Morgan fingerprint density at radius 1 is 1.17 bits per heavy atom. The van der Waals surface area contributed by atoms with Gasteiger partial charge in [0.15, 0.2) is 5.69 Å². The number of fused-ring (bicyclic) bond motifs is 1. The van der Waals surface area contributed by atoms with E-state index in [-0.39, 0.29) is 23.1 Å². The fraction of sp³-hybridized carbons (Fsp3) is 0.391. The molecule has 154 valence electrons. The molecule has 1 saturated heterocycles. The van der Waals surface area contributed by atoms with Crippen molar-refractivity contribution in [2.24, 2.45) is 18.4 Å². The largest absolute Gasteiger partial charge is 0.352 e. The summed E-state index contributed by atoms with van der Waals surface area (Å²) < 4.78 is 1.75. The molecule has 1 atom stereocenters. The van der Waals surface area contributed by atoms with Gasteiger partial charge in [-0.3, -0.25) is 19.3 Å². The van der Waals surface area contributed by atoms with Gasteiger partial charge in [-0.2, -0.15) is 5.10 Å². The van der Waals surface area contributed by atoms with Crippen molar-refractivity contribution in [3.8, 4) is 0 Å². The Morgan fingerprint density at radius 3 is 2.67 bits per heavy atom. The highest BCUT2D eigenvalue weighted by molar-refractivity contribution is 6.05. The standard InChI is InChI=1S/C23H25N5O2/c1-27-19-6-3-2-5-17(19)20(26-27)22(30)28-14-18(23(15-28)9-4-10-23)21(29)25-13-16-7-11-24-12-8-16/h2-3,5-8,11-12,18H,4,9-10,13-15H2,1H3,(H,25,29). The Bertz CT molecular complexity index is 1100. The number of benzene rings is 1. The zero-order valence-electron chi connectivity index (χ0n) is 17.0.